The maximum atomic E-state index is 6.42. The molecule has 0 aliphatic heterocycles. The summed E-state index contributed by atoms with van der Waals surface area (Å²) >= 11 is 12.5. The molecule has 0 nitrogen and oxygen atoms in total. The summed E-state index contributed by atoms with van der Waals surface area (Å²) < 4.78 is 0. The van der Waals surface area contributed by atoms with Crippen molar-refractivity contribution in [3.05, 3.63) is 70.2 Å². The van der Waals surface area contributed by atoms with Gasteiger partial charge in [-0.15, -0.1) is 11.6 Å². The predicted molar refractivity (Wildman–Crippen MR) is 74.9 cm³/mol. The molecule has 0 spiro atoms. The minimum atomic E-state index is -0.00614. The first kappa shape index (κ1) is 12.5. The Morgan fingerprint density at radius 3 is 2.41 bits per heavy atom. The van der Waals surface area contributed by atoms with Gasteiger partial charge in [0.1, 0.15) is 0 Å². The molecule has 17 heavy (non-hydrogen) atoms. The van der Waals surface area contributed by atoms with E-state index in [1.807, 2.05) is 37.3 Å². The number of rotatable bonds is 3. The van der Waals surface area contributed by atoms with E-state index in [4.69, 9.17) is 23.2 Å². The van der Waals surface area contributed by atoms with Gasteiger partial charge in [-0.2, -0.15) is 0 Å². The Morgan fingerprint density at radius 1 is 1.00 bits per heavy atom. The minimum absolute atomic E-state index is 0.00614. The zero-order valence-corrected chi connectivity index (χ0v) is 11.2. The van der Waals surface area contributed by atoms with Gasteiger partial charge >= 0.3 is 0 Å². The lowest BCUT2D eigenvalue weighted by Crippen LogP contribution is -1.98. The average molecular weight is 265 g/mol. The summed E-state index contributed by atoms with van der Waals surface area (Å²) in [4.78, 5) is 0. The van der Waals surface area contributed by atoms with Crippen molar-refractivity contribution < 1.29 is 0 Å². The second kappa shape index (κ2) is 5.57. The molecule has 2 aromatic rings. The van der Waals surface area contributed by atoms with E-state index in [0.29, 0.717) is 0 Å². The lowest BCUT2D eigenvalue weighted by Gasteiger charge is -2.12. The molecule has 0 saturated heterocycles. The van der Waals surface area contributed by atoms with E-state index in [2.05, 4.69) is 18.2 Å². The summed E-state index contributed by atoms with van der Waals surface area (Å²) in [6.07, 6.45) is 0.804. The van der Waals surface area contributed by atoms with Crippen LogP contribution in [0.5, 0.6) is 0 Å². The van der Waals surface area contributed by atoms with Crippen LogP contribution in [0.2, 0.25) is 5.02 Å². The Hall–Kier alpha value is -0.980. The van der Waals surface area contributed by atoms with E-state index < -0.39 is 0 Å². The molecule has 0 aliphatic carbocycles. The van der Waals surface area contributed by atoms with Crippen molar-refractivity contribution in [2.24, 2.45) is 0 Å². The third-order valence-electron chi connectivity index (χ3n) is 2.94. The molecule has 0 fully saturated rings. The van der Waals surface area contributed by atoms with Crippen molar-refractivity contribution in [1.82, 2.24) is 0 Å². The standard InChI is InChI=1S/C15H14Cl2/c1-11-13(8-5-9-14(11)16)10-15(17)12-6-3-2-4-7-12/h2-9,15H,10H2,1H3. The average Bonchev–Trinajstić information content (AvgIpc) is 2.36. The maximum absolute atomic E-state index is 6.42. The van der Waals surface area contributed by atoms with Gasteiger partial charge in [-0.25, -0.2) is 0 Å². The van der Waals surface area contributed by atoms with E-state index in [1.165, 1.54) is 5.56 Å². The van der Waals surface area contributed by atoms with Crippen LogP contribution in [0.15, 0.2) is 48.5 Å². The molecule has 0 radical (unpaired) electrons. The SMILES string of the molecule is Cc1c(Cl)cccc1CC(Cl)c1ccccc1. The van der Waals surface area contributed by atoms with E-state index >= 15 is 0 Å². The van der Waals surface area contributed by atoms with Crippen LogP contribution in [0.1, 0.15) is 22.1 Å². The van der Waals surface area contributed by atoms with Crippen LogP contribution < -0.4 is 0 Å². The van der Waals surface area contributed by atoms with Crippen molar-refractivity contribution >= 4 is 23.2 Å². The Balaban J connectivity index is 2.19. The third-order valence-corrected chi connectivity index (χ3v) is 3.76. The zero-order valence-electron chi connectivity index (χ0n) is 9.66. The highest BCUT2D eigenvalue weighted by Gasteiger charge is 2.10. The van der Waals surface area contributed by atoms with Crippen LogP contribution in [0.25, 0.3) is 0 Å². The van der Waals surface area contributed by atoms with E-state index in [9.17, 15) is 0 Å². The zero-order chi connectivity index (χ0) is 12.3. The molecule has 2 aromatic carbocycles. The molecular formula is C15H14Cl2. The Bertz CT molecular complexity index is 492. The predicted octanol–water partition coefficient (Wildman–Crippen LogP) is 5.17. The first-order valence-corrected chi connectivity index (χ1v) is 6.43. The van der Waals surface area contributed by atoms with Crippen LogP contribution in [0.4, 0.5) is 0 Å². The summed E-state index contributed by atoms with van der Waals surface area (Å²) in [5.41, 5.74) is 3.48. The largest absolute Gasteiger partial charge is 0.117 e. The van der Waals surface area contributed by atoms with E-state index in [0.717, 1.165) is 22.6 Å². The molecular weight excluding hydrogens is 251 g/mol. The second-order valence-electron chi connectivity index (χ2n) is 4.11. The quantitative estimate of drug-likeness (QED) is 0.671. The van der Waals surface area contributed by atoms with Gasteiger partial charge in [0, 0.05) is 5.02 Å². The van der Waals surface area contributed by atoms with Crippen molar-refractivity contribution in [2.45, 2.75) is 18.7 Å². The minimum Gasteiger partial charge on any atom is -0.117 e. The highest BCUT2D eigenvalue weighted by atomic mass is 35.5. The number of hydrogen-bond donors (Lipinski definition) is 0. The molecule has 0 aliphatic rings. The summed E-state index contributed by atoms with van der Waals surface area (Å²) in [5, 5.41) is 0.799. The Morgan fingerprint density at radius 2 is 1.71 bits per heavy atom. The normalized spacial score (nSPS) is 12.4. The van der Waals surface area contributed by atoms with E-state index in [1.54, 1.807) is 0 Å². The van der Waals surface area contributed by atoms with Crippen LogP contribution in [0, 0.1) is 6.92 Å². The van der Waals surface area contributed by atoms with Crippen molar-refractivity contribution in [3.8, 4) is 0 Å². The van der Waals surface area contributed by atoms with Crippen LogP contribution in [-0.4, -0.2) is 0 Å². The van der Waals surface area contributed by atoms with Gasteiger partial charge in [0.15, 0.2) is 0 Å². The topological polar surface area (TPSA) is 0 Å². The van der Waals surface area contributed by atoms with Gasteiger partial charge < -0.3 is 0 Å². The fourth-order valence-electron chi connectivity index (χ4n) is 1.85. The van der Waals surface area contributed by atoms with Crippen LogP contribution in [-0.2, 0) is 6.42 Å². The molecule has 2 rings (SSSR count). The summed E-state index contributed by atoms with van der Waals surface area (Å²) in [7, 11) is 0. The van der Waals surface area contributed by atoms with Gasteiger partial charge in [-0.3, -0.25) is 0 Å². The van der Waals surface area contributed by atoms with E-state index in [-0.39, 0.29) is 5.38 Å². The van der Waals surface area contributed by atoms with Crippen LogP contribution in [0.3, 0.4) is 0 Å². The van der Waals surface area contributed by atoms with Gasteiger partial charge in [-0.05, 0) is 36.1 Å². The lowest BCUT2D eigenvalue weighted by atomic mass is 10.0. The highest BCUT2D eigenvalue weighted by molar-refractivity contribution is 6.31. The van der Waals surface area contributed by atoms with Crippen molar-refractivity contribution in [3.63, 3.8) is 0 Å². The first-order chi connectivity index (χ1) is 8.18. The van der Waals surface area contributed by atoms with Gasteiger partial charge in [-0.1, -0.05) is 54.1 Å². The summed E-state index contributed by atoms with van der Waals surface area (Å²) in [6.45, 7) is 2.03. The molecule has 1 atom stereocenters. The van der Waals surface area contributed by atoms with Crippen molar-refractivity contribution in [2.75, 3.05) is 0 Å². The lowest BCUT2D eigenvalue weighted by molar-refractivity contribution is 0.911. The fourth-order valence-corrected chi connectivity index (χ4v) is 2.35. The number of alkyl halides is 1. The van der Waals surface area contributed by atoms with Gasteiger partial charge in [0.05, 0.1) is 5.38 Å². The second-order valence-corrected chi connectivity index (χ2v) is 5.04. The number of benzene rings is 2. The molecule has 0 bridgehead atoms. The monoisotopic (exact) mass is 264 g/mol. The molecule has 0 aromatic heterocycles. The maximum Gasteiger partial charge on any atom is 0.0625 e. The molecule has 2 heteroatoms. The number of hydrogen-bond acceptors (Lipinski definition) is 0. The molecule has 88 valence electrons. The summed E-state index contributed by atoms with van der Waals surface area (Å²) in [5.74, 6) is 0. The van der Waals surface area contributed by atoms with Crippen molar-refractivity contribution in [1.29, 1.82) is 0 Å². The third kappa shape index (κ3) is 3.02. The molecule has 0 amide bonds. The first-order valence-electron chi connectivity index (χ1n) is 5.61. The van der Waals surface area contributed by atoms with Crippen LogP contribution >= 0.6 is 23.2 Å². The Labute approximate surface area is 112 Å². The fraction of sp³-hybridized carbons (Fsp3) is 0.200. The Kier molecular flexibility index (Phi) is 4.09. The smallest absolute Gasteiger partial charge is 0.0625 e. The van der Waals surface area contributed by atoms with Gasteiger partial charge in [0.25, 0.3) is 0 Å². The highest BCUT2D eigenvalue weighted by Crippen LogP contribution is 2.28. The summed E-state index contributed by atoms with van der Waals surface area (Å²) in [6, 6.07) is 16.1. The molecule has 1 unspecified atom stereocenters. The van der Waals surface area contributed by atoms with Gasteiger partial charge in [0.2, 0.25) is 0 Å². The number of halogens is 2. The molecule has 0 N–H and O–H groups in total. The molecule has 0 saturated carbocycles. The molecule has 0 heterocycles.